The molecule has 3 N–H and O–H groups in total. The van der Waals surface area contributed by atoms with Gasteiger partial charge in [0.05, 0.1) is 17.1 Å². The van der Waals surface area contributed by atoms with Crippen LogP contribution < -0.4 is 11.1 Å². The molecule has 1 aliphatic carbocycles. The number of aliphatic hydroxyl groups is 1. The van der Waals surface area contributed by atoms with Crippen LogP contribution in [0.2, 0.25) is 0 Å². The highest BCUT2D eigenvalue weighted by Gasteiger charge is 2.30. The molecule has 20 heavy (non-hydrogen) atoms. The first-order chi connectivity index (χ1) is 9.56. The lowest BCUT2D eigenvalue weighted by Crippen LogP contribution is -2.29. The van der Waals surface area contributed by atoms with Gasteiger partial charge in [0.1, 0.15) is 0 Å². The highest BCUT2D eigenvalue weighted by molar-refractivity contribution is 5.74. The predicted octanol–water partition coefficient (Wildman–Crippen LogP) is 1.69. The second-order valence-electron chi connectivity index (χ2n) is 5.73. The topological polar surface area (TPSA) is 85.9 Å². The third-order valence-corrected chi connectivity index (χ3v) is 4.42. The molecule has 1 saturated carbocycles. The van der Waals surface area contributed by atoms with Crippen molar-refractivity contribution in [1.82, 2.24) is 9.97 Å². The number of nitrogens with one attached hydrogen (secondary N) is 2. The van der Waals surface area contributed by atoms with Crippen molar-refractivity contribution in [2.75, 3.05) is 0 Å². The average Bonchev–Trinajstić information content (AvgIpc) is 2.85. The maximum absolute atomic E-state index is 11.4. The number of H-pyrrole nitrogens is 2. The number of rotatable bonds is 2. The second-order valence-corrected chi connectivity index (χ2v) is 5.73. The Labute approximate surface area is 115 Å². The van der Waals surface area contributed by atoms with Gasteiger partial charge in [-0.3, -0.25) is 9.59 Å². The van der Waals surface area contributed by atoms with Crippen molar-refractivity contribution in [3.63, 3.8) is 0 Å². The lowest BCUT2D eigenvalue weighted by Gasteiger charge is -2.22. The summed E-state index contributed by atoms with van der Waals surface area (Å²) >= 11 is 0. The molecule has 1 aromatic heterocycles. The summed E-state index contributed by atoms with van der Waals surface area (Å²) in [6, 6.07) is 5.29. The molecular formula is C15H18N2O3. The van der Waals surface area contributed by atoms with Gasteiger partial charge in [-0.05, 0) is 36.0 Å². The Morgan fingerprint density at radius 3 is 2.50 bits per heavy atom. The Morgan fingerprint density at radius 2 is 1.85 bits per heavy atom. The number of fused-ring (bicyclic) bond motifs is 1. The van der Waals surface area contributed by atoms with Gasteiger partial charge in [0.15, 0.2) is 0 Å². The molecule has 106 valence electrons. The van der Waals surface area contributed by atoms with Gasteiger partial charge in [0, 0.05) is 0 Å². The van der Waals surface area contributed by atoms with Crippen LogP contribution in [0.25, 0.3) is 11.0 Å². The maximum atomic E-state index is 11.4. The van der Waals surface area contributed by atoms with Crippen molar-refractivity contribution in [1.29, 1.82) is 0 Å². The molecule has 0 amide bonds. The molecule has 0 saturated heterocycles. The zero-order chi connectivity index (χ0) is 14.3. The van der Waals surface area contributed by atoms with Gasteiger partial charge in [-0.15, -0.1) is 0 Å². The summed E-state index contributed by atoms with van der Waals surface area (Å²) in [5.41, 5.74) is 0.592. The molecule has 3 atom stereocenters. The zero-order valence-electron chi connectivity index (χ0n) is 11.3. The number of aliphatic hydroxyl groups excluding tert-OH is 1. The van der Waals surface area contributed by atoms with Crippen LogP contribution in [0.1, 0.15) is 37.9 Å². The molecule has 5 nitrogen and oxygen atoms in total. The van der Waals surface area contributed by atoms with E-state index in [0.29, 0.717) is 17.0 Å². The minimum absolute atomic E-state index is 0.266. The van der Waals surface area contributed by atoms with E-state index in [9.17, 15) is 14.7 Å². The first kappa shape index (κ1) is 13.1. The van der Waals surface area contributed by atoms with Gasteiger partial charge in [0.2, 0.25) is 0 Å². The summed E-state index contributed by atoms with van der Waals surface area (Å²) in [5, 5.41) is 10.5. The Hall–Kier alpha value is -1.88. The van der Waals surface area contributed by atoms with Crippen LogP contribution in [0, 0.1) is 11.8 Å². The van der Waals surface area contributed by atoms with Crippen molar-refractivity contribution < 1.29 is 5.11 Å². The summed E-state index contributed by atoms with van der Waals surface area (Å²) in [7, 11) is 0. The standard InChI is InChI=1S/C15H18N2O3/c1-8-3-2-4-10(8)13(18)9-5-6-11-12(7-9)17-15(20)14(19)16-11/h5-8,10,13,18H,2-4H2,1H3,(H,16,19)(H,17,20). The molecule has 0 aliphatic heterocycles. The highest BCUT2D eigenvalue weighted by Crippen LogP contribution is 2.40. The summed E-state index contributed by atoms with van der Waals surface area (Å²) in [5.74, 6) is 0.775. The number of hydrogen-bond acceptors (Lipinski definition) is 3. The minimum Gasteiger partial charge on any atom is -0.388 e. The SMILES string of the molecule is CC1CCCC1C(O)c1ccc2[nH]c(=O)c(=O)[nH]c2c1. The minimum atomic E-state index is -0.668. The lowest BCUT2D eigenvalue weighted by atomic mass is 9.88. The van der Waals surface area contributed by atoms with E-state index in [4.69, 9.17) is 0 Å². The van der Waals surface area contributed by atoms with E-state index in [1.807, 2.05) is 6.07 Å². The van der Waals surface area contributed by atoms with Crippen molar-refractivity contribution in [2.24, 2.45) is 11.8 Å². The Bertz CT molecular complexity index is 747. The zero-order valence-corrected chi connectivity index (χ0v) is 11.3. The molecule has 1 heterocycles. The van der Waals surface area contributed by atoms with E-state index < -0.39 is 17.2 Å². The van der Waals surface area contributed by atoms with Gasteiger partial charge in [0.25, 0.3) is 0 Å². The van der Waals surface area contributed by atoms with Crippen LogP contribution in [-0.2, 0) is 0 Å². The third-order valence-electron chi connectivity index (χ3n) is 4.42. The van der Waals surface area contributed by atoms with Crippen molar-refractivity contribution >= 4 is 11.0 Å². The Morgan fingerprint density at radius 1 is 1.15 bits per heavy atom. The van der Waals surface area contributed by atoms with Crippen LogP contribution >= 0.6 is 0 Å². The van der Waals surface area contributed by atoms with Crippen LogP contribution in [0.4, 0.5) is 0 Å². The van der Waals surface area contributed by atoms with Gasteiger partial charge in [-0.25, -0.2) is 0 Å². The quantitative estimate of drug-likeness (QED) is 0.728. The van der Waals surface area contributed by atoms with Gasteiger partial charge >= 0.3 is 11.1 Å². The van der Waals surface area contributed by atoms with Gasteiger partial charge in [-0.2, -0.15) is 0 Å². The van der Waals surface area contributed by atoms with E-state index in [0.717, 1.165) is 24.8 Å². The van der Waals surface area contributed by atoms with Crippen LogP contribution in [0.15, 0.2) is 27.8 Å². The fraction of sp³-hybridized carbons (Fsp3) is 0.467. The van der Waals surface area contributed by atoms with E-state index in [-0.39, 0.29) is 5.92 Å². The fourth-order valence-corrected chi connectivity index (χ4v) is 3.21. The highest BCUT2D eigenvalue weighted by atomic mass is 16.3. The average molecular weight is 274 g/mol. The van der Waals surface area contributed by atoms with E-state index >= 15 is 0 Å². The summed E-state index contributed by atoms with van der Waals surface area (Å²) in [4.78, 5) is 27.7. The molecule has 0 spiro atoms. The molecule has 2 aromatic rings. The van der Waals surface area contributed by atoms with Crippen LogP contribution in [0.3, 0.4) is 0 Å². The van der Waals surface area contributed by atoms with Crippen molar-refractivity contribution in [2.45, 2.75) is 32.3 Å². The van der Waals surface area contributed by atoms with Gasteiger partial charge in [-0.1, -0.05) is 25.8 Å². The molecular weight excluding hydrogens is 256 g/mol. The largest absolute Gasteiger partial charge is 0.388 e. The third kappa shape index (κ3) is 2.18. The van der Waals surface area contributed by atoms with Gasteiger partial charge < -0.3 is 15.1 Å². The van der Waals surface area contributed by atoms with Crippen LogP contribution in [0.5, 0.6) is 0 Å². The molecule has 3 rings (SSSR count). The fourth-order valence-electron chi connectivity index (χ4n) is 3.21. The summed E-state index contributed by atoms with van der Waals surface area (Å²) in [6.07, 6.45) is 2.81. The second kappa shape index (κ2) is 4.90. The number of aromatic amines is 2. The van der Waals surface area contributed by atoms with E-state index in [1.54, 1.807) is 12.1 Å². The molecule has 1 aromatic carbocycles. The molecule has 3 unspecified atom stereocenters. The first-order valence-corrected chi connectivity index (χ1v) is 7.00. The van der Waals surface area contributed by atoms with Crippen molar-refractivity contribution in [3.05, 3.63) is 44.5 Å². The predicted molar refractivity (Wildman–Crippen MR) is 76.7 cm³/mol. The monoisotopic (exact) mass is 274 g/mol. The lowest BCUT2D eigenvalue weighted by molar-refractivity contribution is 0.0901. The molecule has 0 bridgehead atoms. The molecule has 1 aliphatic rings. The normalized spacial score (nSPS) is 24.1. The molecule has 5 heteroatoms. The first-order valence-electron chi connectivity index (χ1n) is 7.00. The molecule has 0 radical (unpaired) electrons. The number of aromatic nitrogens is 2. The van der Waals surface area contributed by atoms with Crippen molar-refractivity contribution in [3.8, 4) is 0 Å². The summed E-state index contributed by atoms with van der Waals surface area (Å²) < 4.78 is 0. The number of benzene rings is 1. The maximum Gasteiger partial charge on any atom is 0.314 e. The smallest absolute Gasteiger partial charge is 0.314 e. The summed E-state index contributed by atoms with van der Waals surface area (Å²) in [6.45, 7) is 2.17. The van der Waals surface area contributed by atoms with E-state index in [2.05, 4.69) is 16.9 Å². The Kier molecular flexibility index (Phi) is 3.22. The van der Waals surface area contributed by atoms with Crippen LogP contribution in [-0.4, -0.2) is 15.1 Å². The number of hydrogen-bond donors (Lipinski definition) is 3. The molecule has 1 fully saturated rings. The Balaban J connectivity index is 2.02. The van der Waals surface area contributed by atoms with E-state index in [1.165, 1.54) is 0 Å².